The molecule has 0 aromatic carbocycles. The molecule has 0 saturated carbocycles. The molecule has 0 amide bonds. The topological polar surface area (TPSA) is 82.5 Å². The second-order valence-electron chi connectivity index (χ2n) is 4.85. The molecule has 0 unspecified atom stereocenters. The summed E-state index contributed by atoms with van der Waals surface area (Å²) in [7, 11) is -3.25. The summed E-state index contributed by atoms with van der Waals surface area (Å²) in [6, 6.07) is 5.04. The summed E-state index contributed by atoms with van der Waals surface area (Å²) in [6.07, 6.45) is 3.06. The maximum absolute atomic E-state index is 12.1. The summed E-state index contributed by atoms with van der Waals surface area (Å²) in [5.41, 5.74) is 0.384. The Labute approximate surface area is 116 Å². The first-order valence-corrected chi connectivity index (χ1v) is 8.26. The van der Waals surface area contributed by atoms with Gasteiger partial charge in [0.05, 0.1) is 29.6 Å². The Bertz CT molecular complexity index is 653. The van der Waals surface area contributed by atoms with Gasteiger partial charge in [-0.25, -0.2) is 8.42 Å². The van der Waals surface area contributed by atoms with Gasteiger partial charge in [-0.2, -0.15) is 0 Å². The highest BCUT2D eigenvalue weighted by Gasteiger charge is 2.25. The fraction of sp³-hybridized carbons (Fsp3) is 0.462. The number of hydrogen-bond donors (Lipinski definition) is 0. The lowest BCUT2D eigenvalue weighted by Gasteiger charge is -2.08. The Hall–Kier alpha value is -1.60. The Morgan fingerprint density at radius 1 is 1.35 bits per heavy atom. The van der Waals surface area contributed by atoms with Crippen LogP contribution in [0.4, 0.5) is 0 Å². The minimum absolute atomic E-state index is 0.0376. The number of aromatic nitrogens is 1. The summed E-state index contributed by atoms with van der Waals surface area (Å²) in [5, 5.41) is 3.78. The molecule has 0 bridgehead atoms. The van der Waals surface area contributed by atoms with Gasteiger partial charge in [-0.1, -0.05) is 5.16 Å². The number of sulfone groups is 1. The standard InChI is InChI=1S/C13H15NO5S/c15-20(16,9-11-3-1-5-17-11)8-10-7-13(19-14-10)12-4-2-6-18-12/h2,4,6-7,11H,1,3,5,8-9H2/t11-/m0/s1. The van der Waals surface area contributed by atoms with Crippen molar-refractivity contribution >= 4 is 9.84 Å². The van der Waals surface area contributed by atoms with Gasteiger partial charge in [-0.15, -0.1) is 0 Å². The largest absolute Gasteiger partial charge is 0.461 e. The highest BCUT2D eigenvalue weighted by molar-refractivity contribution is 7.90. The molecule has 1 aliphatic heterocycles. The van der Waals surface area contributed by atoms with Crippen molar-refractivity contribution in [2.24, 2.45) is 0 Å². The first-order valence-electron chi connectivity index (χ1n) is 6.44. The highest BCUT2D eigenvalue weighted by atomic mass is 32.2. The van der Waals surface area contributed by atoms with Crippen molar-refractivity contribution < 1.29 is 22.1 Å². The lowest BCUT2D eigenvalue weighted by molar-refractivity contribution is 0.127. The molecule has 3 rings (SSSR count). The third-order valence-corrected chi connectivity index (χ3v) is 4.77. The van der Waals surface area contributed by atoms with Crippen LogP contribution in [0.1, 0.15) is 18.5 Å². The molecule has 1 atom stereocenters. The third-order valence-electron chi connectivity index (χ3n) is 3.15. The van der Waals surface area contributed by atoms with E-state index in [-0.39, 0.29) is 17.6 Å². The molecule has 0 radical (unpaired) electrons. The van der Waals surface area contributed by atoms with Crippen LogP contribution in [0.3, 0.4) is 0 Å². The fourth-order valence-corrected chi connectivity index (χ4v) is 3.79. The molecule has 6 nitrogen and oxygen atoms in total. The molecule has 2 aromatic heterocycles. The maximum atomic E-state index is 12.1. The average Bonchev–Trinajstić information content (AvgIpc) is 3.07. The van der Waals surface area contributed by atoms with Gasteiger partial charge in [0.1, 0.15) is 0 Å². The van der Waals surface area contributed by atoms with Crippen molar-refractivity contribution in [2.75, 3.05) is 12.4 Å². The SMILES string of the molecule is O=S(=O)(Cc1cc(-c2ccco2)on1)C[C@@H]1CCCO1. The third kappa shape index (κ3) is 3.10. The molecule has 108 valence electrons. The quantitative estimate of drug-likeness (QED) is 0.839. The maximum Gasteiger partial charge on any atom is 0.202 e. The number of nitrogens with zero attached hydrogens (tertiary/aromatic N) is 1. The van der Waals surface area contributed by atoms with Crippen LogP contribution in [0.25, 0.3) is 11.5 Å². The molecule has 7 heteroatoms. The van der Waals surface area contributed by atoms with Gasteiger partial charge in [0.2, 0.25) is 5.76 Å². The van der Waals surface area contributed by atoms with Crippen molar-refractivity contribution in [3.63, 3.8) is 0 Å². The molecule has 0 aliphatic carbocycles. The van der Waals surface area contributed by atoms with E-state index in [2.05, 4.69) is 5.16 Å². The molecule has 0 N–H and O–H groups in total. The van der Waals surface area contributed by atoms with E-state index >= 15 is 0 Å². The molecular weight excluding hydrogens is 282 g/mol. The normalized spacial score (nSPS) is 19.5. The number of rotatable bonds is 5. The second-order valence-corrected chi connectivity index (χ2v) is 6.96. The summed E-state index contributed by atoms with van der Waals surface area (Å²) < 4.78 is 39.7. The van der Waals surface area contributed by atoms with Crippen LogP contribution in [0.15, 0.2) is 33.4 Å². The van der Waals surface area contributed by atoms with E-state index in [4.69, 9.17) is 13.7 Å². The lowest BCUT2D eigenvalue weighted by atomic mass is 10.3. The first-order chi connectivity index (χ1) is 9.62. The number of ether oxygens (including phenoxy) is 1. The predicted molar refractivity (Wildman–Crippen MR) is 70.7 cm³/mol. The van der Waals surface area contributed by atoms with E-state index in [1.165, 1.54) is 6.26 Å². The van der Waals surface area contributed by atoms with Gasteiger partial charge in [0, 0.05) is 12.7 Å². The van der Waals surface area contributed by atoms with Crippen molar-refractivity contribution in [1.29, 1.82) is 0 Å². The van der Waals surface area contributed by atoms with E-state index in [9.17, 15) is 8.42 Å². The predicted octanol–water partition coefficient (Wildman–Crippen LogP) is 2.03. The van der Waals surface area contributed by atoms with Gasteiger partial charge in [0.25, 0.3) is 0 Å². The second kappa shape index (κ2) is 5.41. The monoisotopic (exact) mass is 297 g/mol. The number of hydrogen-bond acceptors (Lipinski definition) is 6. The average molecular weight is 297 g/mol. The minimum atomic E-state index is -3.25. The zero-order chi connectivity index (χ0) is 14.0. The van der Waals surface area contributed by atoms with Crippen molar-refractivity contribution in [3.8, 4) is 11.5 Å². The van der Waals surface area contributed by atoms with E-state index in [0.29, 0.717) is 23.8 Å². The van der Waals surface area contributed by atoms with E-state index < -0.39 is 9.84 Å². The summed E-state index contributed by atoms with van der Waals surface area (Å²) >= 11 is 0. The Morgan fingerprint density at radius 2 is 2.25 bits per heavy atom. The smallest absolute Gasteiger partial charge is 0.202 e. The van der Waals surface area contributed by atoms with Gasteiger partial charge in [0.15, 0.2) is 15.6 Å². The van der Waals surface area contributed by atoms with E-state index in [1.54, 1.807) is 18.2 Å². The summed E-state index contributed by atoms with van der Waals surface area (Å²) in [6.45, 7) is 0.646. The lowest BCUT2D eigenvalue weighted by Crippen LogP contribution is -2.21. The molecular formula is C13H15NO5S. The van der Waals surface area contributed by atoms with Gasteiger partial charge >= 0.3 is 0 Å². The van der Waals surface area contributed by atoms with E-state index in [1.807, 2.05) is 0 Å². The first kappa shape index (κ1) is 13.4. The zero-order valence-corrected chi connectivity index (χ0v) is 11.6. The number of furan rings is 1. The van der Waals surface area contributed by atoms with Crippen molar-refractivity contribution in [2.45, 2.75) is 24.7 Å². The van der Waals surface area contributed by atoms with Crippen LogP contribution in [0.5, 0.6) is 0 Å². The van der Waals surface area contributed by atoms with Crippen LogP contribution in [0, 0.1) is 0 Å². The van der Waals surface area contributed by atoms with Crippen LogP contribution in [-0.4, -0.2) is 32.0 Å². The Kier molecular flexibility index (Phi) is 3.62. The van der Waals surface area contributed by atoms with Crippen molar-refractivity contribution in [3.05, 3.63) is 30.2 Å². The highest BCUT2D eigenvalue weighted by Crippen LogP contribution is 2.22. The Balaban J connectivity index is 1.68. The molecule has 1 aliphatic rings. The molecule has 1 saturated heterocycles. The van der Waals surface area contributed by atoms with Crippen LogP contribution in [-0.2, 0) is 20.3 Å². The summed E-state index contributed by atoms with van der Waals surface area (Å²) in [5.74, 6) is 0.852. The molecule has 3 heterocycles. The van der Waals surface area contributed by atoms with Crippen LogP contribution >= 0.6 is 0 Å². The molecule has 0 spiro atoms. The fourth-order valence-electron chi connectivity index (χ4n) is 2.26. The molecule has 20 heavy (non-hydrogen) atoms. The van der Waals surface area contributed by atoms with Gasteiger partial charge in [-0.3, -0.25) is 0 Å². The Morgan fingerprint density at radius 3 is 2.95 bits per heavy atom. The molecule has 2 aromatic rings. The van der Waals surface area contributed by atoms with Gasteiger partial charge in [-0.05, 0) is 25.0 Å². The molecule has 1 fully saturated rings. The van der Waals surface area contributed by atoms with Crippen LogP contribution < -0.4 is 0 Å². The van der Waals surface area contributed by atoms with Gasteiger partial charge < -0.3 is 13.7 Å². The summed E-state index contributed by atoms with van der Waals surface area (Å²) in [4.78, 5) is 0. The minimum Gasteiger partial charge on any atom is -0.461 e. The zero-order valence-electron chi connectivity index (χ0n) is 10.8. The van der Waals surface area contributed by atoms with Crippen molar-refractivity contribution in [1.82, 2.24) is 5.16 Å². The van der Waals surface area contributed by atoms with E-state index in [0.717, 1.165) is 12.8 Å². The van der Waals surface area contributed by atoms with Crippen LogP contribution in [0.2, 0.25) is 0 Å².